The first-order valence-electron chi connectivity index (χ1n) is 7.08. The maximum atomic E-state index is 12.2. The van der Waals surface area contributed by atoms with Gasteiger partial charge in [0.25, 0.3) is 0 Å². The van der Waals surface area contributed by atoms with Gasteiger partial charge in [-0.25, -0.2) is 8.42 Å². The van der Waals surface area contributed by atoms with E-state index in [-0.39, 0.29) is 6.04 Å². The first kappa shape index (κ1) is 14.3. The molecule has 0 saturated heterocycles. The van der Waals surface area contributed by atoms with Crippen molar-refractivity contribution in [2.75, 3.05) is 12.8 Å². The predicted octanol–water partition coefficient (Wildman–Crippen LogP) is 2.90. The molecule has 0 bridgehead atoms. The molecule has 2 aromatic rings. The number of nitrogens with zero attached hydrogens (tertiary/aromatic N) is 1. The van der Waals surface area contributed by atoms with Gasteiger partial charge in [0.1, 0.15) is 0 Å². The number of fused-ring (bicyclic) bond motifs is 1. The minimum Gasteiger partial charge on any atom is -0.212 e. The zero-order valence-corrected chi connectivity index (χ0v) is 13.1. The van der Waals surface area contributed by atoms with Crippen LogP contribution in [0.1, 0.15) is 28.3 Å². The topological polar surface area (TPSA) is 37.4 Å². The van der Waals surface area contributed by atoms with E-state index in [1.807, 2.05) is 49.4 Å². The minimum absolute atomic E-state index is 0.217. The fraction of sp³-hybridized carbons (Fsp3) is 0.294. The van der Waals surface area contributed by atoms with Gasteiger partial charge < -0.3 is 0 Å². The molecule has 1 aliphatic rings. The molecule has 110 valence electrons. The third-order valence-electron chi connectivity index (χ3n) is 4.15. The number of sulfonamides is 1. The Morgan fingerprint density at radius 2 is 1.62 bits per heavy atom. The zero-order valence-electron chi connectivity index (χ0n) is 12.3. The van der Waals surface area contributed by atoms with E-state index >= 15 is 0 Å². The zero-order chi connectivity index (χ0) is 15.0. The van der Waals surface area contributed by atoms with Crippen molar-refractivity contribution in [1.82, 2.24) is 4.31 Å². The van der Waals surface area contributed by atoms with E-state index in [0.717, 1.165) is 23.1 Å². The van der Waals surface area contributed by atoms with Crippen molar-refractivity contribution in [3.63, 3.8) is 0 Å². The van der Waals surface area contributed by atoms with E-state index in [1.165, 1.54) is 11.8 Å². The molecule has 0 aromatic heterocycles. The highest BCUT2D eigenvalue weighted by Crippen LogP contribution is 2.37. The first-order chi connectivity index (χ1) is 9.98. The van der Waals surface area contributed by atoms with Crippen molar-refractivity contribution in [1.29, 1.82) is 0 Å². The summed E-state index contributed by atoms with van der Waals surface area (Å²) in [6, 6.07) is 15.9. The first-order valence-corrected chi connectivity index (χ1v) is 8.93. The molecule has 1 unspecified atom stereocenters. The quantitative estimate of drug-likeness (QED) is 0.855. The lowest BCUT2D eigenvalue weighted by molar-refractivity contribution is 0.346. The van der Waals surface area contributed by atoms with Gasteiger partial charge in [-0.1, -0.05) is 48.5 Å². The average molecular weight is 301 g/mol. The smallest absolute Gasteiger partial charge is 0.212 e. The second-order valence-corrected chi connectivity index (χ2v) is 7.52. The van der Waals surface area contributed by atoms with E-state index in [1.54, 1.807) is 4.31 Å². The van der Waals surface area contributed by atoms with Crippen LogP contribution in [0.4, 0.5) is 0 Å². The van der Waals surface area contributed by atoms with E-state index in [9.17, 15) is 8.42 Å². The predicted molar refractivity (Wildman–Crippen MR) is 84.7 cm³/mol. The standard InChI is InChI=1S/C17H19NO2S/c1-13-7-3-5-9-15(13)17-16-10-6-4-8-14(16)11-12-18(17)21(2,19)20/h3-10,17H,11-12H2,1-2H3. The largest absolute Gasteiger partial charge is 0.212 e. The summed E-state index contributed by atoms with van der Waals surface area (Å²) in [6.45, 7) is 2.57. The summed E-state index contributed by atoms with van der Waals surface area (Å²) in [7, 11) is -3.25. The van der Waals surface area contributed by atoms with Gasteiger partial charge in [0.05, 0.1) is 12.3 Å². The van der Waals surface area contributed by atoms with Crippen LogP contribution >= 0.6 is 0 Å². The summed E-state index contributed by atoms with van der Waals surface area (Å²) in [6.07, 6.45) is 2.07. The van der Waals surface area contributed by atoms with Crippen LogP contribution in [-0.2, 0) is 16.4 Å². The van der Waals surface area contributed by atoms with E-state index in [0.29, 0.717) is 6.54 Å². The van der Waals surface area contributed by atoms with Crippen molar-refractivity contribution in [3.8, 4) is 0 Å². The fourth-order valence-electron chi connectivity index (χ4n) is 3.12. The molecule has 21 heavy (non-hydrogen) atoms. The maximum absolute atomic E-state index is 12.2. The highest BCUT2D eigenvalue weighted by atomic mass is 32.2. The van der Waals surface area contributed by atoms with Gasteiger partial charge in [-0.3, -0.25) is 0 Å². The number of rotatable bonds is 2. The van der Waals surface area contributed by atoms with E-state index in [4.69, 9.17) is 0 Å². The Balaban J connectivity index is 2.22. The summed E-state index contributed by atoms with van der Waals surface area (Å²) in [5, 5.41) is 0. The number of benzene rings is 2. The Hall–Kier alpha value is -1.65. The van der Waals surface area contributed by atoms with Gasteiger partial charge in [-0.2, -0.15) is 4.31 Å². The molecule has 3 nitrogen and oxygen atoms in total. The molecule has 2 aromatic carbocycles. The van der Waals surface area contributed by atoms with E-state index < -0.39 is 10.0 Å². The van der Waals surface area contributed by atoms with Crippen LogP contribution in [-0.4, -0.2) is 25.5 Å². The number of aryl methyl sites for hydroxylation is 1. The van der Waals surface area contributed by atoms with Crippen LogP contribution in [0.15, 0.2) is 48.5 Å². The average Bonchev–Trinajstić information content (AvgIpc) is 2.46. The third kappa shape index (κ3) is 2.61. The molecular weight excluding hydrogens is 282 g/mol. The molecule has 0 saturated carbocycles. The summed E-state index contributed by atoms with van der Waals surface area (Å²) in [4.78, 5) is 0. The van der Waals surface area contributed by atoms with Gasteiger partial charge in [0.2, 0.25) is 10.0 Å². The van der Waals surface area contributed by atoms with Crippen LogP contribution in [0, 0.1) is 6.92 Å². The minimum atomic E-state index is -3.25. The Kier molecular flexibility index (Phi) is 3.59. The number of hydrogen-bond acceptors (Lipinski definition) is 2. The monoisotopic (exact) mass is 301 g/mol. The molecule has 0 aliphatic carbocycles. The lowest BCUT2D eigenvalue weighted by Gasteiger charge is -2.36. The Labute approximate surface area is 126 Å². The van der Waals surface area contributed by atoms with Gasteiger partial charge in [0, 0.05) is 6.54 Å². The van der Waals surface area contributed by atoms with Gasteiger partial charge in [-0.05, 0) is 35.6 Å². The molecular formula is C17H19NO2S. The van der Waals surface area contributed by atoms with Gasteiger partial charge >= 0.3 is 0 Å². The van der Waals surface area contributed by atoms with Gasteiger partial charge in [0.15, 0.2) is 0 Å². The van der Waals surface area contributed by atoms with Crippen molar-refractivity contribution < 1.29 is 8.42 Å². The molecule has 3 rings (SSSR count). The van der Waals surface area contributed by atoms with Crippen LogP contribution < -0.4 is 0 Å². The Morgan fingerprint density at radius 3 is 2.29 bits per heavy atom. The van der Waals surface area contributed by atoms with Crippen LogP contribution in [0.2, 0.25) is 0 Å². The highest BCUT2D eigenvalue weighted by Gasteiger charge is 2.34. The Morgan fingerprint density at radius 1 is 1.00 bits per heavy atom. The van der Waals surface area contributed by atoms with Crippen molar-refractivity contribution in [2.24, 2.45) is 0 Å². The molecule has 4 heteroatoms. The summed E-state index contributed by atoms with van der Waals surface area (Å²) >= 11 is 0. The third-order valence-corrected chi connectivity index (χ3v) is 5.39. The van der Waals surface area contributed by atoms with E-state index in [2.05, 4.69) is 6.07 Å². The van der Waals surface area contributed by atoms with Crippen molar-refractivity contribution >= 4 is 10.0 Å². The molecule has 0 N–H and O–H groups in total. The molecule has 1 heterocycles. The molecule has 0 spiro atoms. The van der Waals surface area contributed by atoms with Crippen LogP contribution in [0.25, 0.3) is 0 Å². The molecule has 0 radical (unpaired) electrons. The summed E-state index contributed by atoms with van der Waals surface area (Å²) < 4.78 is 26.1. The highest BCUT2D eigenvalue weighted by molar-refractivity contribution is 7.88. The van der Waals surface area contributed by atoms with Crippen LogP contribution in [0.3, 0.4) is 0 Å². The summed E-state index contributed by atoms with van der Waals surface area (Å²) in [5.41, 5.74) is 4.53. The van der Waals surface area contributed by atoms with Crippen LogP contribution in [0.5, 0.6) is 0 Å². The lowest BCUT2D eigenvalue weighted by Crippen LogP contribution is -2.40. The second-order valence-electron chi connectivity index (χ2n) is 5.58. The lowest BCUT2D eigenvalue weighted by atomic mass is 9.88. The number of hydrogen-bond donors (Lipinski definition) is 0. The maximum Gasteiger partial charge on any atom is 0.212 e. The fourth-order valence-corrected chi connectivity index (χ4v) is 4.15. The SMILES string of the molecule is Cc1ccccc1C1c2ccccc2CCN1S(C)(=O)=O. The second kappa shape index (κ2) is 5.28. The molecule has 1 aliphatic heterocycles. The summed E-state index contributed by atoms with van der Waals surface area (Å²) in [5.74, 6) is 0. The molecule has 1 atom stereocenters. The van der Waals surface area contributed by atoms with Crippen molar-refractivity contribution in [2.45, 2.75) is 19.4 Å². The molecule has 0 amide bonds. The van der Waals surface area contributed by atoms with Gasteiger partial charge in [-0.15, -0.1) is 0 Å². The van der Waals surface area contributed by atoms with Crippen molar-refractivity contribution in [3.05, 3.63) is 70.8 Å². The Bertz CT molecular complexity index is 768. The molecule has 0 fully saturated rings. The normalized spacial score (nSPS) is 19.2.